The molecular formula is C22H23N5O2S2. The van der Waals surface area contributed by atoms with Crippen LogP contribution in [0.3, 0.4) is 0 Å². The molecule has 1 aliphatic heterocycles. The Hall–Kier alpha value is -2.83. The minimum Gasteiger partial charge on any atom is -0.497 e. The molecule has 7 nitrogen and oxygen atoms in total. The van der Waals surface area contributed by atoms with Crippen molar-refractivity contribution in [2.24, 2.45) is 5.73 Å². The van der Waals surface area contributed by atoms with Gasteiger partial charge in [0, 0.05) is 23.4 Å². The van der Waals surface area contributed by atoms with Gasteiger partial charge in [0.1, 0.15) is 11.6 Å². The quantitative estimate of drug-likeness (QED) is 0.644. The van der Waals surface area contributed by atoms with E-state index in [1.165, 1.54) is 11.3 Å². The van der Waals surface area contributed by atoms with E-state index in [1.54, 1.807) is 23.8 Å². The highest BCUT2D eigenvalue weighted by Gasteiger charge is 2.41. The number of Topliss-reactive ketones (excluding diaryl/α,β-unsaturated/α-hetero) is 1. The summed E-state index contributed by atoms with van der Waals surface area (Å²) in [7, 11) is 1.60. The zero-order valence-corrected chi connectivity index (χ0v) is 19.1. The molecule has 1 aliphatic carbocycles. The van der Waals surface area contributed by atoms with Crippen LogP contribution in [0, 0.1) is 11.3 Å². The number of rotatable bonds is 6. The lowest BCUT2D eigenvalue weighted by Gasteiger charge is -2.38. The van der Waals surface area contributed by atoms with E-state index in [0.29, 0.717) is 40.7 Å². The number of carbonyl (C=O) groups excluding carboxylic acids is 1. The number of aromatic nitrogens is 2. The summed E-state index contributed by atoms with van der Waals surface area (Å²) in [5.41, 5.74) is 9.23. The second kappa shape index (κ2) is 9.12. The molecule has 31 heavy (non-hydrogen) atoms. The fourth-order valence-corrected chi connectivity index (χ4v) is 5.78. The van der Waals surface area contributed by atoms with E-state index in [0.717, 1.165) is 34.2 Å². The zero-order valence-electron chi connectivity index (χ0n) is 17.4. The molecule has 1 atom stereocenters. The van der Waals surface area contributed by atoms with Gasteiger partial charge in [-0.05, 0) is 37.0 Å². The van der Waals surface area contributed by atoms with Crippen molar-refractivity contribution in [1.82, 2.24) is 10.2 Å². The molecule has 1 unspecified atom stereocenters. The number of thioether (sulfide) groups is 1. The Kier molecular flexibility index (Phi) is 6.30. The maximum atomic E-state index is 13.1. The van der Waals surface area contributed by atoms with Gasteiger partial charge >= 0.3 is 0 Å². The first-order valence-corrected chi connectivity index (χ1v) is 12.0. The SMILES string of the molecule is CCCSc1nnc(N2C(N)=C(C#N)C(c3ccc(OC)cc3)C3=C2CCCC3=O)s1. The molecule has 4 rings (SSSR count). The van der Waals surface area contributed by atoms with E-state index >= 15 is 0 Å². The number of nitrogens with two attached hydrogens (primary N) is 1. The second-order valence-electron chi connectivity index (χ2n) is 7.29. The molecule has 2 aromatic rings. The summed E-state index contributed by atoms with van der Waals surface area (Å²) in [6, 6.07) is 9.72. The summed E-state index contributed by atoms with van der Waals surface area (Å²) < 4.78 is 6.11. The van der Waals surface area contributed by atoms with Gasteiger partial charge < -0.3 is 10.5 Å². The molecule has 1 aromatic carbocycles. The van der Waals surface area contributed by atoms with E-state index in [9.17, 15) is 10.1 Å². The molecule has 1 aromatic heterocycles. The number of anilines is 1. The van der Waals surface area contributed by atoms with Crippen LogP contribution in [0.25, 0.3) is 0 Å². The number of allylic oxidation sites excluding steroid dienone is 3. The van der Waals surface area contributed by atoms with Crippen molar-refractivity contribution >= 4 is 34.0 Å². The molecule has 0 radical (unpaired) electrons. The molecular weight excluding hydrogens is 430 g/mol. The average molecular weight is 454 g/mol. The highest BCUT2D eigenvalue weighted by Crippen LogP contribution is 2.47. The van der Waals surface area contributed by atoms with Crippen LogP contribution in [0.5, 0.6) is 5.75 Å². The minimum atomic E-state index is -0.489. The third kappa shape index (κ3) is 3.93. The molecule has 0 spiro atoms. The number of nitrogens with zero attached hydrogens (tertiary/aromatic N) is 4. The van der Waals surface area contributed by atoms with E-state index < -0.39 is 5.92 Å². The van der Waals surface area contributed by atoms with Gasteiger partial charge in [0.25, 0.3) is 0 Å². The molecule has 2 heterocycles. The van der Waals surface area contributed by atoms with Crippen LogP contribution in [0.15, 0.2) is 51.3 Å². The number of hydrogen-bond acceptors (Lipinski definition) is 9. The van der Waals surface area contributed by atoms with Crippen LogP contribution < -0.4 is 15.4 Å². The molecule has 0 saturated heterocycles. The predicted octanol–water partition coefficient (Wildman–Crippen LogP) is 4.35. The van der Waals surface area contributed by atoms with Crippen LogP contribution in [0.2, 0.25) is 0 Å². The van der Waals surface area contributed by atoms with E-state index in [2.05, 4.69) is 23.2 Å². The normalized spacial score (nSPS) is 18.8. The number of ether oxygens (including phenoxy) is 1. The van der Waals surface area contributed by atoms with Crippen molar-refractivity contribution < 1.29 is 9.53 Å². The smallest absolute Gasteiger partial charge is 0.219 e. The predicted molar refractivity (Wildman–Crippen MR) is 122 cm³/mol. The lowest BCUT2D eigenvalue weighted by Crippen LogP contribution is -2.38. The Morgan fingerprint density at radius 1 is 1.32 bits per heavy atom. The van der Waals surface area contributed by atoms with Crippen LogP contribution in [-0.4, -0.2) is 28.8 Å². The summed E-state index contributed by atoms with van der Waals surface area (Å²) in [5.74, 6) is 1.55. The Labute approximate surface area is 189 Å². The summed E-state index contributed by atoms with van der Waals surface area (Å²) in [6.07, 6.45) is 2.95. The number of ketones is 1. The minimum absolute atomic E-state index is 0.0532. The van der Waals surface area contributed by atoms with Crippen LogP contribution >= 0.6 is 23.1 Å². The Bertz CT molecular complexity index is 1100. The standard InChI is InChI=1S/C22H23N5O2S2/c1-3-11-30-22-26-25-21(31-22)27-16-5-4-6-17(28)19(16)18(15(12-23)20(27)24)13-7-9-14(29-2)10-8-13/h7-10,18H,3-6,11,24H2,1-2H3. The van der Waals surface area contributed by atoms with Crippen molar-refractivity contribution in [2.75, 3.05) is 17.8 Å². The summed E-state index contributed by atoms with van der Waals surface area (Å²) in [6.45, 7) is 2.11. The van der Waals surface area contributed by atoms with Crippen molar-refractivity contribution in [1.29, 1.82) is 5.26 Å². The monoisotopic (exact) mass is 453 g/mol. The molecule has 160 valence electrons. The van der Waals surface area contributed by atoms with Crippen LogP contribution in [0.4, 0.5) is 5.13 Å². The largest absolute Gasteiger partial charge is 0.497 e. The zero-order chi connectivity index (χ0) is 22.0. The van der Waals surface area contributed by atoms with E-state index in [1.807, 2.05) is 24.3 Å². The van der Waals surface area contributed by atoms with E-state index in [4.69, 9.17) is 10.5 Å². The highest BCUT2D eigenvalue weighted by molar-refractivity contribution is 8.01. The van der Waals surface area contributed by atoms with Crippen molar-refractivity contribution in [2.45, 2.75) is 42.9 Å². The number of carbonyl (C=O) groups is 1. The molecule has 0 saturated carbocycles. The number of hydrogen-bond donors (Lipinski definition) is 1. The van der Waals surface area contributed by atoms with Crippen molar-refractivity contribution in [3.63, 3.8) is 0 Å². The first-order chi connectivity index (χ1) is 15.1. The third-order valence-electron chi connectivity index (χ3n) is 5.38. The van der Waals surface area contributed by atoms with Gasteiger partial charge in [-0.1, -0.05) is 42.2 Å². The fourth-order valence-electron chi connectivity index (χ4n) is 3.98. The van der Waals surface area contributed by atoms with Gasteiger partial charge in [-0.25, -0.2) is 0 Å². The number of methoxy groups -OCH3 is 1. The Morgan fingerprint density at radius 2 is 2.10 bits per heavy atom. The molecule has 2 aliphatic rings. The summed E-state index contributed by atoms with van der Waals surface area (Å²) in [5, 5.41) is 19.3. The lowest BCUT2D eigenvalue weighted by molar-refractivity contribution is -0.116. The Morgan fingerprint density at radius 3 is 2.77 bits per heavy atom. The number of benzene rings is 1. The number of nitriles is 1. The van der Waals surface area contributed by atoms with Crippen molar-refractivity contribution in [3.05, 3.63) is 52.5 Å². The topological polar surface area (TPSA) is 105 Å². The van der Waals surface area contributed by atoms with Gasteiger partial charge in [-0.15, -0.1) is 10.2 Å². The highest BCUT2D eigenvalue weighted by atomic mass is 32.2. The first kappa shape index (κ1) is 21.4. The van der Waals surface area contributed by atoms with E-state index in [-0.39, 0.29) is 5.78 Å². The lowest BCUT2D eigenvalue weighted by atomic mass is 9.76. The molecule has 2 N–H and O–H groups in total. The summed E-state index contributed by atoms with van der Waals surface area (Å²) in [4.78, 5) is 14.9. The van der Waals surface area contributed by atoms with Crippen molar-refractivity contribution in [3.8, 4) is 11.8 Å². The van der Waals surface area contributed by atoms with Crippen LogP contribution in [0.1, 0.15) is 44.1 Å². The molecule has 0 fully saturated rings. The first-order valence-electron chi connectivity index (χ1n) is 10.1. The van der Waals surface area contributed by atoms with Gasteiger partial charge in [0.15, 0.2) is 10.1 Å². The maximum Gasteiger partial charge on any atom is 0.219 e. The summed E-state index contributed by atoms with van der Waals surface area (Å²) >= 11 is 3.08. The average Bonchev–Trinajstić information content (AvgIpc) is 3.25. The fraction of sp³-hybridized carbons (Fsp3) is 0.364. The van der Waals surface area contributed by atoms with Gasteiger partial charge in [0.2, 0.25) is 5.13 Å². The van der Waals surface area contributed by atoms with Crippen LogP contribution in [-0.2, 0) is 4.79 Å². The molecule has 9 heteroatoms. The Balaban J connectivity index is 1.84. The second-order valence-corrected chi connectivity index (χ2v) is 9.59. The maximum absolute atomic E-state index is 13.1. The van der Waals surface area contributed by atoms with Gasteiger partial charge in [-0.2, -0.15) is 5.26 Å². The molecule has 0 amide bonds. The molecule has 0 bridgehead atoms. The third-order valence-corrected chi connectivity index (χ3v) is 7.63. The van der Waals surface area contributed by atoms with Gasteiger partial charge in [0.05, 0.1) is 24.7 Å². The van der Waals surface area contributed by atoms with Gasteiger partial charge in [-0.3, -0.25) is 9.69 Å².